The lowest BCUT2D eigenvalue weighted by Crippen LogP contribution is -2.14. The first-order valence-corrected chi connectivity index (χ1v) is 11.3. The number of aliphatic carboxylic acids is 1. The third-order valence-corrected chi connectivity index (χ3v) is 6.87. The van der Waals surface area contributed by atoms with Crippen LogP contribution in [-0.4, -0.2) is 33.4 Å². The van der Waals surface area contributed by atoms with E-state index in [1.807, 2.05) is 0 Å². The van der Waals surface area contributed by atoms with E-state index in [0.717, 1.165) is 88.2 Å². The van der Waals surface area contributed by atoms with E-state index >= 15 is 0 Å². The number of hydrogen-bond acceptors (Lipinski definition) is 5. The van der Waals surface area contributed by atoms with Crippen molar-refractivity contribution < 1.29 is 29.6 Å². The molecule has 166 valence electrons. The minimum absolute atomic E-state index is 0.227. The first-order chi connectivity index (χ1) is 14.4. The van der Waals surface area contributed by atoms with E-state index in [9.17, 15) is 24.9 Å². The van der Waals surface area contributed by atoms with Crippen LogP contribution < -0.4 is 0 Å². The Kier molecular flexibility index (Phi) is 7.27. The number of ether oxygens (including phenoxy) is 1. The highest BCUT2D eigenvalue weighted by molar-refractivity contribution is 5.77. The van der Waals surface area contributed by atoms with E-state index in [1.54, 1.807) is 12.1 Å². The van der Waals surface area contributed by atoms with Gasteiger partial charge in [0.1, 0.15) is 17.1 Å². The topological polar surface area (TPSA) is 104 Å². The molecule has 1 aromatic carbocycles. The largest absolute Gasteiger partial charge is 0.508 e. The lowest BCUT2D eigenvalue weighted by atomic mass is 9.96. The standard InChI is InChI=1S/C24H34O6/c25-17-30-24(13-14-24)10-6-4-8-19-16-20(26)18(15-21(19)27)7-3-1-2-5-9-23(11-12-23)22(28)29/h15-17,26-27H,1-14H2,(H,28,29). The number of carbonyl (C=O) groups is 2. The van der Waals surface area contributed by atoms with Crippen LogP contribution in [0.3, 0.4) is 0 Å². The van der Waals surface area contributed by atoms with E-state index in [2.05, 4.69) is 0 Å². The van der Waals surface area contributed by atoms with Crippen LogP contribution in [0.25, 0.3) is 0 Å². The molecule has 0 heterocycles. The van der Waals surface area contributed by atoms with Gasteiger partial charge in [0.25, 0.3) is 6.47 Å². The molecule has 6 heteroatoms. The van der Waals surface area contributed by atoms with Crippen LogP contribution in [0, 0.1) is 5.41 Å². The van der Waals surface area contributed by atoms with Crippen LogP contribution in [-0.2, 0) is 27.2 Å². The zero-order valence-electron chi connectivity index (χ0n) is 17.7. The van der Waals surface area contributed by atoms with Gasteiger partial charge in [0.2, 0.25) is 0 Å². The van der Waals surface area contributed by atoms with Crippen molar-refractivity contribution in [3.63, 3.8) is 0 Å². The molecule has 1 aromatic rings. The Labute approximate surface area is 178 Å². The molecule has 0 saturated heterocycles. The lowest BCUT2D eigenvalue weighted by molar-refractivity contribution is -0.143. The molecule has 2 aliphatic carbocycles. The molecule has 2 fully saturated rings. The molecule has 0 spiro atoms. The zero-order valence-corrected chi connectivity index (χ0v) is 17.7. The van der Waals surface area contributed by atoms with E-state index < -0.39 is 11.4 Å². The SMILES string of the molecule is O=COC1(CCCCc2cc(O)c(CCCCCCC3(C(=O)O)CC3)cc2O)CC1. The average molecular weight is 419 g/mol. The summed E-state index contributed by atoms with van der Waals surface area (Å²) in [4.78, 5) is 21.7. The smallest absolute Gasteiger partial charge is 0.309 e. The number of rotatable bonds is 15. The van der Waals surface area contributed by atoms with Gasteiger partial charge in [-0.1, -0.05) is 19.3 Å². The van der Waals surface area contributed by atoms with Crippen LogP contribution in [0.4, 0.5) is 0 Å². The predicted molar refractivity (Wildman–Crippen MR) is 113 cm³/mol. The van der Waals surface area contributed by atoms with Gasteiger partial charge in [0, 0.05) is 0 Å². The molecule has 0 radical (unpaired) electrons. The minimum Gasteiger partial charge on any atom is -0.508 e. The Morgan fingerprint density at radius 3 is 1.90 bits per heavy atom. The van der Waals surface area contributed by atoms with Gasteiger partial charge in [0.15, 0.2) is 0 Å². The maximum atomic E-state index is 11.2. The Morgan fingerprint density at radius 1 is 0.867 bits per heavy atom. The Morgan fingerprint density at radius 2 is 1.40 bits per heavy atom. The monoisotopic (exact) mass is 418 g/mol. The molecular formula is C24H34O6. The van der Waals surface area contributed by atoms with Gasteiger partial charge in [-0.05, 0) is 93.9 Å². The minimum atomic E-state index is -0.649. The summed E-state index contributed by atoms with van der Waals surface area (Å²) >= 11 is 0. The third-order valence-electron chi connectivity index (χ3n) is 6.87. The molecule has 6 nitrogen and oxygen atoms in total. The molecule has 0 amide bonds. The highest BCUT2D eigenvalue weighted by Gasteiger charge is 2.49. The Hall–Kier alpha value is -2.24. The van der Waals surface area contributed by atoms with E-state index in [-0.39, 0.29) is 17.1 Å². The molecule has 0 bridgehead atoms. The number of aromatic hydroxyl groups is 2. The van der Waals surface area contributed by atoms with Gasteiger partial charge >= 0.3 is 5.97 Å². The zero-order chi connectivity index (χ0) is 21.6. The first-order valence-electron chi connectivity index (χ1n) is 11.3. The van der Waals surface area contributed by atoms with Crippen molar-refractivity contribution in [2.75, 3.05) is 0 Å². The number of phenolic OH excluding ortho intramolecular Hbond substituents is 2. The summed E-state index contributed by atoms with van der Waals surface area (Å²) in [6.07, 6.45) is 12.1. The van der Waals surface area contributed by atoms with Crippen LogP contribution in [0.5, 0.6) is 11.5 Å². The molecule has 0 atom stereocenters. The van der Waals surface area contributed by atoms with Crippen molar-refractivity contribution in [2.45, 2.75) is 95.5 Å². The van der Waals surface area contributed by atoms with Crippen LogP contribution in [0.15, 0.2) is 12.1 Å². The Balaban J connectivity index is 1.34. The van der Waals surface area contributed by atoms with Crippen molar-refractivity contribution in [1.29, 1.82) is 0 Å². The summed E-state index contributed by atoms with van der Waals surface area (Å²) in [5, 5.41) is 29.8. The fourth-order valence-electron chi connectivity index (χ4n) is 4.35. The number of carboxylic acid groups (broad SMARTS) is 1. The third kappa shape index (κ3) is 5.89. The van der Waals surface area contributed by atoms with E-state index in [1.165, 1.54) is 0 Å². The van der Waals surface area contributed by atoms with Gasteiger partial charge in [-0.3, -0.25) is 9.59 Å². The molecular weight excluding hydrogens is 384 g/mol. The molecule has 0 aliphatic heterocycles. The summed E-state index contributed by atoms with van der Waals surface area (Å²) in [5.74, 6) is -0.192. The van der Waals surface area contributed by atoms with Crippen LogP contribution in [0.1, 0.15) is 88.2 Å². The van der Waals surface area contributed by atoms with Crippen LogP contribution in [0.2, 0.25) is 0 Å². The number of carbonyl (C=O) groups excluding carboxylic acids is 1. The second-order valence-corrected chi connectivity index (χ2v) is 9.21. The fraction of sp³-hybridized carbons (Fsp3) is 0.667. The molecule has 3 rings (SSSR count). The van der Waals surface area contributed by atoms with Crippen LogP contribution >= 0.6 is 0 Å². The lowest BCUT2D eigenvalue weighted by Gasteiger charge is -2.13. The maximum Gasteiger partial charge on any atom is 0.309 e. The normalized spacial score (nSPS) is 18.0. The second kappa shape index (κ2) is 9.71. The number of aryl methyl sites for hydroxylation is 2. The molecule has 0 aromatic heterocycles. The number of hydrogen-bond donors (Lipinski definition) is 3. The average Bonchev–Trinajstić information content (AvgIpc) is 3.62. The van der Waals surface area contributed by atoms with Crippen molar-refractivity contribution in [3.8, 4) is 11.5 Å². The highest BCUT2D eigenvalue weighted by Crippen LogP contribution is 2.50. The maximum absolute atomic E-state index is 11.2. The molecule has 3 N–H and O–H groups in total. The second-order valence-electron chi connectivity index (χ2n) is 9.21. The molecule has 0 unspecified atom stereocenters. The van der Waals surface area contributed by atoms with Crippen molar-refractivity contribution in [1.82, 2.24) is 0 Å². The summed E-state index contributed by atoms with van der Waals surface area (Å²) in [7, 11) is 0. The summed E-state index contributed by atoms with van der Waals surface area (Å²) in [6, 6.07) is 3.34. The van der Waals surface area contributed by atoms with Crippen molar-refractivity contribution >= 4 is 12.4 Å². The van der Waals surface area contributed by atoms with Crippen molar-refractivity contribution in [2.24, 2.45) is 5.41 Å². The van der Waals surface area contributed by atoms with E-state index in [0.29, 0.717) is 19.3 Å². The fourth-order valence-corrected chi connectivity index (χ4v) is 4.35. The molecule has 2 aliphatic rings. The summed E-state index contributed by atoms with van der Waals surface area (Å²) in [6.45, 7) is 0.537. The van der Waals surface area contributed by atoms with Gasteiger partial charge in [-0.2, -0.15) is 0 Å². The van der Waals surface area contributed by atoms with E-state index in [4.69, 9.17) is 4.74 Å². The highest BCUT2D eigenvalue weighted by atomic mass is 16.5. The van der Waals surface area contributed by atoms with Gasteiger partial charge in [-0.15, -0.1) is 0 Å². The Bertz CT molecular complexity index is 748. The van der Waals surface area contributed by atoms with Gasteiger partial charge < -0.3 is 20.1 Å². The van der Waals surface area contributed by atoms with Gasteiger partial charge in [-0.25, -0.2) is 0 Å². The number of benzene rings is 1. The molecule has 2 saturated carbocycles. The molecule has 30 heavy (non-hydrogen) atoms. The summed E-state index contributed by atoms with van der Waals surface area (Å²) < 4.78 is 5.15. The number of unbranched alkanes of at least 4 members (excludes halogenated alkanes) is 4. The quantitative estimate of drug-likeness (QED) is 0.213. The predicted octanol–water partition coefficient (Wildman–Crippen LogP) is 4.87. The summed E-state index contributed by atoms with van der Waals surface area (Å²) in [5.41, 5.74) is 0.848. The number of carboxylic acids is 1. The van der Waals surface area contributed by atoms with Gasteiger partial charge in [0.05, 0.1) is 5.41 Å². The first kappa shape index (κ1) is 22.4. The van der Waals surface area contributed by atoms with Crippen molar-refractivity contribution in [3.05, 3.63) is 23.3 Å². The number of phenols is 2.